The molecule has 4 saturated heterocycles. The van der Waals surface area contributed by atoms with Gasteiger partial charge >= 0.3 is 24.1 Å². The van der Waals surface area contributed by atoms with Crippen molar-refractivity contribution in [2.75, 3.05) is 26.3 Å². The minimum absolute atomic E-state index is 0.0882. The highest BCUT2D eigenvalue weighted by molar-refractivity contribution is 5.91. The average molecular weight is 683 g/mol. The first-order chi connectivity index (χ1) is 23.5. The molecule has 0 unspecified atom stereocenters. The van der Waals surface area contributed by atoms with Crippen molar-refractivity contribution in [3.8, 4) is 0 Å². The van der Waals surface area contributed by atoms with Gasteiger partial charge in [0.05, 0.1) is 11.2 Å². The van der Waals surface area contributed by atoms with E-state index in [1.807, 2.05) is 13.8 Å². The van der Waals surface area contributed by atoms with Gasteiger partial charge < -0.3 is 39.1 Å². The molecule has 6 aliphatic rings. The average Bonchev–Trinajstić information content (AvgIpc) is 3.88. The molecular weight excluding hydrogens is 632 g/mol. The number of epoxide rings is 2. The Kier molecular flexibility index (Phi) is 10.5. The van der Waals surface area contributed by atoms with Gasteiger partial charge in [0.2, 0.25) is 0 Å². The van der Waals surface area contributed by atoms with Crippen LogP contribution in [0.5, 0.6) is 0 Å². The highest BCUT2D eigenvalue weighted by Gasteiger charge is 2.62. The lowest BCUT2D eigenvalue weighted by molar-refractivity contribution is -0.140. The third-order valence-electron chi connectivity index (χ3n) is 11.0. The van der Waals surface area contributed by atoms with Crippen LogP contribution in [0.3, 0.4) is 0 Å². The number of fused-ring (bicyclic) bond motifs is 6. The molecule has 0 saturated carbocycles. The predicted octanol–water partition coefficient (Wildman–Crippen LogP) is 5.12. The van der Waals surface area contributed by atoms with Crippen molar-refractivity contribution in [2.24, 2.45) is 11.8 Å². The van der Waals surface area contributed by atoms with Gasteiger partial charge in [0.15, 0.2) is 0 Å². The minimum Gasteiger partial charge on any atom is -0.455 e. The summed E-state index contributed by atoms with van der Waals surface area (Å²) in [6.45, 7) is 13.3. The van der Waals surface area contributed by atoms with Crippen molar-refractivity contribution in [1.29, 1.82) is 0 Å². The molecule has 2 N–H and O–H groups in total. The lowest BCUT2D eigenvalue weighted by Crippen LogP contribution is -2.29. The molecule has 268 valence electrons. The zero-order valence-electron chi connectivity index (χ0n) is 28.7. The molecule has 0 bridgehead atoms. The summed E-state index contributed by atoms with van der Waals surface area (Å²) in [5.74, 6) is -0.887. The van der Waals surface area contributed by atoms with E-state index < -0.39 is 12.2 Å². The Morgan fingerprint density at radius 3 is 1.61 bits per heavy atom. The number of hydrogen-bond donors (Lipinski definition) is 2. The van der Waals surface area contributed by atoms with Crippen LogP contribution in [0.15, 0.2) is 47.6 Å². The largest absolute Gasteiger partial charge is 0.455 e. The van der Waals surface area contributed by atoms with Crippen LogP contribution in [0, 0.1) is 11.8 Å². The number of alkyl carbamates (subject to hydrolysis) is 2. The Balaban J connectivity index is 0.829. The molecule has 12 heteroatoms. The van der Waals surface area contributed by atoms with E-state index >= 15 is 0 Å². The van der Waals surface area contributed by atoms with Crippen LogP contribution in [-0.4, -0.2) is 86.0 Å². The lowest BCUT2D eigenvalue weighted by Gasteiger charge is -2.20. The standard InChI is InChI=1S/C37H50N2O10/c1-22-26-14-12-24(10-8-16-36(3)30(48-36)28(26)46-32(22)40)20-44-34(42)38-18-6-5-7-19-39-35(43)45-21-25-11-9-17-37(4)31(49-37)29-27(15-13-25)23(2)33(41)47-29/h10-11,26-31H,1-2,5-9,12-21H2,3-4H3,(H,38,42)(H,39,43)/b24-10+,25-11+/t26-,27-,28-,29-,30-,31-,36+,37+/m0/s1. The van der Waals surface area contributed by atoms with E-state index in [-0.39, 0.29) is 72.6 Å². The molecule has 6 rings (SSSR count). The molecule has 4 fully saturated rings. The number of carbonyl (C=O) groups is 4. The number of hydrogen-bond acceptors (Lipinski definition) is 10. The Hall–Kier alpha value is -3.64. The van der Waals surface area contributed by atoms with Crippen LogP contribution in [0.4, 0.5) is 9.59 Å². The third-order valence-corrected chi connectivity index (χ3v) is 11.0. The highest BCUT2D eigenvalue weighted by atomic mass is 16.7. The molecule has 0 spiro atoms. The summed E-state index contributed by atoms with van der Waals surface area (Å²) in [5, 5.41) is 5.60. The van der Waals surface area contributed by atoms with Crippen LogP contribution < -0.4 is 10.6 Å². The molecule has 0 aromatic rings. The van der Waals surface area contributed by atoms with Crippen molar-refractivity contribution in [3.63, 3.8) is 0 Å². The molecule has 49 heavy (non-hydrogen) atoms. The zero-order chi connectivity index (χ0) is 34.8. The molecule has 12 nitrogen and oxygen atoms in total. The summed E-state index contributed by atoms with van der Waals surface area (Å²) < 4.78 is 34.1. The van der Waals surface area contributed by atoms with Crippen LogP contribution in [0.2, 0.25) is 0 Å². The molecule has 2 amide bonds. The van der Waals surface area contributed by atoms with Gasteiger partial charge in [0.25, 0.3) is 0 Å². The fourth-order valence-electron chi connectivity index (χ4n) is 7.73. The number of ether oxygens (including phenoxy) is 6. The van der Waals surface area contributed by atoms with Gasteiger partial charge in [0, 0.05) is 36.1 Å². The van der Waals surface area contributed by atoms with Gasteiger partial charge in [-0.3, -0.25) is 0 Å². The quantitative estimate of drug-likeness (QED) is 0.0793. The fourth-order valence-corrected chi connectivity index (χ4v) is 7.73. The molecule has 0 radical (unpaired) electrons. The van der Waals surface area contributed by atoms with Crippen LogP contribution in [-0.2, 0) is 38.0 Å². The molecule has 8 atom stereocenters. The summed E-state index contributed by atoms with van der Waals surface area (Å²) in [7, 11) is 0. The third kappa shape index (κ3) is 8.23. The van der Waals surface area contributed by atoms with E-state index in [4.69, 9.17) is 28.4 Å². The Bertz CT molecular complexity index is 1320. The summed E-state index contributed by atoms with van der Waals surface area (Å²) in [5.41, 5.74) is 2.40. The first-order valence-corrected chi connectivity index (χ1v) is 17.8. The first kappa shape index (κ1) is 35.2. The van der Waals surface area contributed by atoms with Crippen LogP contribution in [0.1, 0.15) is 84.5 Å². The van der Waals surface area contributed by atoms with Gasteiger partial charge in [0.1, 0.15) is 37.6 Å². The summed E-state index contributed by atoms with van der Waals surface area (Å²) in [6, 6.07) is 0. The number of carbonyl (C=O) groups excluding carboxylic acids is 4. The number of unbranched alkanes of at least 4 members (excludes halogenated alkanes) is 2. The second kappa shape index (κ2) is 14.7. The summed E-state index contributed by atoms with van der Waals surface area (Å²) in [6.07, 6.45) is 10.8. The normalized spacial score (nSPS) is 37.3. The maximum atomic E-state index is 12.4. The maximum absolute atomic E-state index is 12.4. The van der Waals surface area contributed by atoms with Gasteiger partial charge in [-0.1, -0.05) is 25.3 Å². The predicted molar refractivity (Wildman–Crippen MR) is 177 cm³/mol. The van der Waals surface area contributed by atoms with E-state index in [2.05, 4.69) is 35.9 Å². The SMILES string of the molecule is C=C1C(=O)O[C@H]2[C@H]1CC/C(COC(=O)NCCCCCNC(=O)OC/C1=C/CC[C@@]3(C)O[C@H]3[C@H]3OC(=O)C(=C)[C@@H]3CC1)=C\CC[C@@]1(C)O[C@@H]21. The van der Waals surface area contributed by atoms with Gasteiger partial charge in [-0.2, -0.15) is 0 Å². The fraction of sp³-hybridized carbons (Fsp3) is 0.676. The summed E-state index contributed by atoms with van der Waals surface area (Å²) >= 11 is 0. The smallest absolute Gasteiger partial charge is 0.407 e. The number of allylic oxidation sites excluding steroid dienone is 2. The molecule has 0 aromatic carbocycles. The van der Waals surface area contributed by atoms with E-state index in [0.717, 1.165) is 56.1 Å². The molecule has 4 aliphatic heterocycles. The zero-order valence-corrected chi connectivity index (χ0v) is 28.7. The van der Waals surface area contributed by atoms with Gasteiger partial charge in [-0.15, -0.1) is 0 Å². The van der Waals surface area contributed by atoms with Crippen molar-refractivity contribution >= 4 is 24.1 Å². The molecular formula is C37H50N2O10. The monoisotopic (exact) mass is 682 g/mol. The van der Waals surface area contributed by atoms with Crippen molar-refractivity contribution in [3.05, 3.63) is 47.6 Å². The topological polar surface area (TPSA) is 154 Å². The van der Waals surface area contributed by atoms with Crippen LogP contribution in [0.25, 0.3) is 0 Å². The number of nitrogens with one attached hydrogen (secondary N) is 2. The van der Waals surface area contributed by atoms with E-state index in [1.165, 1.54) is 0 Å². The molecule has 2 aliphatic carbocycles. The maximum Gasteiger partial charge on any atom is 0.407 e. The second-order valence-corrected chi connectivity index (χ2v) is 14.7. The van der Waals surface area contributed by atoms with E-state index in [1.54, 1.807) is 0 Å². The Labute approximate surface area is 288 Å². The number of esters is 2. The van der Waals surface area contributed by atoms with E-state index in [0.29, 0.717) is 49.9 Å². The van der Waals surface area contributed by atoms with Crippen molar-refractivity contribution in [2.45, 2.75) is 120 Å². The highest BCUT2D eigenvalue weighted by Crippen LogP contribution is 2.51. The number of amides is 2. The summed E-state index contributed by atoms with van der Waals surface area (Å²) in [4.78, 5) is 49.1. The molecule has 4 heterocycles. The Morgan fingerprint density at radius 2 is 1.18 bits per heavy atom. The minimum atomic E-state index is -0.473. The van der Waals surface area contributed by atoms with Gasteiger partial charge in [-0.25, -0.2) is 19.2 Å². The van der Waals surface area contributed by atoms with Crippen molar-refractivity contribution in [1.82, 2.24) is 10.6 Å². The van der Waals surface area contributed by atoms with Crippen molar-refractivity contribution < 1.29 is 47.6 Å². The Morgan fingerprint density at radius 1 is 0.755 bits per heavy atom. The number of rotatable bonds is 10. The molecule has 0 aromatic heterocycles. The van der Waals surface area contributed by atoms with E-state index in [9.17, 15) is 19.2 Å². The second-order valence-electron chi connectivity index (χ2n) is 14.7. The first-order valence-electron chi connectivity index (χ1n) is 17.8. The van der Waals surface area contributed by atoms with Crippen LogP contribution >= 0.6 is 0 Å². The lowest BCUT2D eigenvalue weighted by atomic mass is 9.84. The van der Waals surface area contributed by atoms with Gasteiger partial charge in [-0.05, 0) is 95.6 Å².